The number of nitrogens with one attached hydrogen (secondary N) is 2. The molecule has 7 nitrogen and oxygen atoms in total. The van der Waals surface area contributed by atoms with E-state index in [0.717, 1.165) is 30.5 Å². The number of hydrogen-bond acceptors (Lipinski definition) is 5. The number of carbonyl (C=O) groups excluding carboxylic acids is 1. The number of anilines is 1. The molecule has 0 aliphatic carbocycles. The fourth-order valence-corrected chi connectivity index (χ4v) is 4.63. The Hall–Kier alpha value is -2.71. The minimum Gasteiger partial charge on any atom is -0.376 e. The van der Waals surface area contributed by atoms with E-state index in [1.165, 1.54) is 0 Å². The van der Waals surface area contributed by atoms with Gasteiger partial charge in [-0.1, -0.05) is 36.8 Å². The van der Waals surface area contributed by atoms with Crippen LogP contribution in [0.2, 0.25) is 0 Å². The summed E-state index contributed by atoms with van der Waals surface area (Å²) < 4.78 is 27.0. The molecule has 0 radical (unpaired) electrons. The van der Waals surface area contributed by atoms with Crippen molar-refractivity contribution in [2.75, 3.05) is 25.0 Å². The van der Waals surface area contributed by atoms with Crippen molar-refractivity contribution in [2.24, 2.45) is 5.10 Å². The van der Waals surface area contributed by atoms with E-state index in [9.17, 15) is 13.2 Å². The maximum atomic E-state index is 12.7. The van der Waals surface area contributed by atoms with Gasteiger partial charge in [0, 0.05) is 18.8 Å². The Morgan fingerprint density at radius 2 is 1.66 bits per heavy atom. The van der Waals surface area contributed by atoms with Crippen LogP contribution in [-0.4, -0.2) is 44.0 Å². The van der Waals surface area contributed by atoms with Gasteiger partial charge in [0.2, 0.25) is 10.0 Å². The monoisotopic (exact) mass is 414 g/mol. The minimum atomic E-state index is -3.45. The smallest absolute Gasteiger partial charge is 0.259 e. The zero-order chi connectivity index (χ0) is 20.7. The maximum Gasteiger partial charge on any atom is 0.259 e. The highest BCUT2D eigenvalue weighted by molar-refractivity contribution is 7.89. The molecule has 2 aromatic carbocycles. The number of benzene rings is 2. The quantitative estimate of drug-likeness (QED) is 0.538. The van der Waals surface area contributed by atoms with Gasteiger partial charge in [-0.2, -0.15) is 9.41 Å². The SMILES string of the molecule is C/C(=N/NC(=O)CNc1ccccc1)c1ccc(S(=O)(=O)N2CCCCC2)cc1. The van der Waals surface area contributed by atoms with Crippen molar-refractivity contribution in [3.63, 3.8) is 0 Å². The van der Waals surface area contributed by atoms with Crippen LogP contribution in [0.5, 0.6) is 0 Å². The van der Waals surface area contributed by atoms with E-state index in [1.807, 2.05) is 30.3 Å². The summed E-state index contributed by atoms with van der Waals surface area (Å²) in [4.78, 5) is 12.2. The lowest BCUT2D eigenvalue weighted by atomic mass is 10.1. The van der Waals surface area contributed by atoms with Gasteiger partial charge in [-0.15, -0.1) is 0 Å². The van der Waals surface area contributed by atoms with Crippen molar-refractivity contribution >= 4 is 27.3 Å². The van der Waals surface area contributed by atoms with Crippen LogP contribution < -0.4 is 10.7 Å². The molecule has 0 saturated carbocycles. The number of piperidine rings is 1. The number of hydrazone groups is 1. The molecule has 0 atom stereocenters. The van der Waals surface area contributed by atoms with Crippen molar-refractivity contribution in [3.05, 3.63) is 60.2 Å². The molecule has 1 aliphatic rings. The first-order valence-electron chi connectivity index (χ1n) is 9.69. The normalized spacial score (nSPS) is 15.7. The second-order valence-electron chi connectivity index (χ2n) is 6.94. The molecule has 1 amide bonds. The van der Waals surface area contributed by atoms with Crippen molar-refractivity contribution in [1.29, 1.82) is 0 Å². The number of para-hydroxylation sites is 1. The van der Waals surface area contributed by atoms with Gasteiger partial charge in [0.15, 0.2) is 0 Å². The summed E-state index contributed by atoms with van der Waals surface area (Å²) in [7, 11) is -3.45. The number of nitrogens with zero attached hydrogens (tertiary/aromatic N) is 2. The third kappa shape index (κ3) is 5.65. The molecular weight excluding hydrogens is 388 g/mol. The fraction of sp³-hybridized carbons (Fsp3) is 0.333. The third-order valence-electron chi connectivity index (χ3n) is 4.80. The Kier molecular flexibility index (Phi) is 7.00. The molecule has 0 unspecified atom stereocenters. The summed E-state index contributed by atoms with van der Waals surface area (Å²) in [6.45, 7) is 3.02. The number of hydrogen-bond donors (Lipinski definition) is 2. The second kappa shape index (κ2) is 9.67. The molecule has 0 bridgehead atoms. The molecule has 2 N–H and O–H groups in total. The molecule has 0 spiro atoms. The Balaban J connectivity index is 1.57. The lowest BCUT2D eigenvalue weighted by Gasteiger charge is -2.25. The molecule has 1 saturated heterocycles. The van der Waals surface area contributed by atoms with E-state index in [4.69, 9.17) is 0 Å². The minimum absolute atomic E-state index is 0.105. The van der Waals surface area contributed by atoms with E-state index in [-0.39, 0.29) is 17.3 Å². The summed E-state index contributed by atoms with van der Waals surface area (Å²) >= 11 is 0. The summed E-state index contributed by atoms with van der Waals surface area (Å²) in [5.41, 5.74) is 4.71. The summed E-state index contributed by atoms with van der Waals surface area (Å²) in [5, 5.41) is 7.12. The van der Waals surface area contributed by atoms with Crippen molar-refractivity contribution in [2.45, 2.75) is 31.1 Å². The highest BCUT2D eigenvalue weighted by atomic mass is 32.2. The summed E-state index contributed by atoms with van der Waals surface area (Å²) in [6, 6.07) is 16.0. The fourth-order valence-electron chi connectivity index (χ4n) is 3.11. The molecule has 29 heavy (non-hydrogen) atoms. The number of amides is 1. The molecule has 1 fully saturated rings. The van der Waals surface area contributed by atoms with Crippen LogP contribution in [0, 0.1) is 0 Å². The first-order chi connectivity index (χ1) is 14.0. The average Bonchev–Trinajstić information content (AvgIpc) is 2.77. The van der Waals surface area contributed by atoms with Gasteiger partial charge in [0.05, 0.1) is 17.2 Å². The third-order valence-corrected chi connectivity index (χ3v) is 6.71. The van der Waals surface area contributed by atoms with Crippen molar-refractivity contribution in [3.8, 4) is 0 Å². The van der Waals surface area contributed by atoms with Crippen LogP contribution >= 0.6 is 0 Å². The van der Waals surface area contributed by atoms with Gasteiger partial charge in [-0.3, -0.25) is 4.79 Å². The standard InChI is InChI=1S/C21H26N4O3S/c1-17(23-24-21(26)16-22-19-8-4-2-5-9-19)18-10-12-20(13-11-18)29(27,28)25-14-6-3-7-15-25/h2,4-5,8-13,22H,3,6-7,14-16H2,1H3,(H,24,26)/b23-17-. The summed E-state index contributed by atoms with van der Waals surface area (Å²) in [6.07, 6.45) is 2.89. The Morgan fingerprint density at radius 1 is 1.00 bits per heavy atom. The zero-order valence-electron chi connectivity index (χ0n) is 16.5. The number of carbonyl (C=O) groups is 1. The molecule has 1 heterocycles. The molecule has 8 heteroatoms. The number of rotatable bonds is 7. The van der Waals surface area contributed by atoms with Crippen LogP contribution in [0.1, 0.15) is 31.7 Å². The first kappa shape index (κ1) is 21.0. The molecule has 2 aromatic rings. The van der Waals surface area contributed by atoms with Crippen LogP contribution in [0.25, 0.3) is 0 Å². The zero-order valence-corrected chi connectivity index (χ0v) is 17.3. The van der Waals surface area contributed by atoms with E-state index in [1.54, 1.807) is 35.5 Å². The molecule has 3 rings (SSSR count). The Bertz CT molecular complexity index is 951. The predicted octanol–water partition coefficient (Wildman–Crippen LogP) is 2.81. The van der Waals surface area contributed by atoms with Crippen LogP contribution in [0.15, 0.2) is 64.6 Å². The van der Waals surface area contributed by atoms with Gasteiger partial charge in [-0.05, 0) is 49.6 Å². The Morgan fingerprint density at radius 3 is 2.31 bits per heavy atom. The largest absolute Gasteiger partial charge is 0.376 e. The number of sulfonamides is 1. The maximum absolute atomic E-state index is 12.7. The van der Waals surface area contributed by atoms with E-state index in [2.05, 4.69) is 15.8 Å². The topological polar surface area (TPSA) is 90.9 Å². The summed E-state index contributed by atoms with van der Waals surface area (Å²) in [5.74, 6) is -0.266. The highest BCUT2D eigenvalue weighted by Crippen LogP contribution is 2.21. The predicted molar refractivity (Wildman–Crippen MR) is 114 cm³/mol. The molecule has 1 aliphatic heterocycles. The van der Waals surface area contributed by atoms with Crippen LogP contribution in [0.4, 0.5) is 5.69 Å². The van der Waals surface area contributed by atoms with Gasteiger partial charge in [-0.25, -0.2) is 13.8 Å². The molecule has 154 valence electrons. The average molecular weight is 415 g/mol. The van der Waals surface area contributed by atoms with Gasteiger partial charge in [0.25, 0.3) is 5.91 Å². The van der Waals surface area contributed by atoms with Crippen LogP contribution in [0.3, 0.4) is 0 Å². The van der Waals surface area contributed by atoms with E-state index >= 15 is 0 Å². The second-order valence-corrected chi connectivity index (χ2v) is 8.88. The molecular formula is C21H26N4O3S. The lowest BCUT2D eigenvalue weighted by Crippen LogP contribution is -2.35. The highest BCUT2D eigenvalue weighted by Gasteiger charge is 2.25. The lowest BCUT2D eigenvalue weighted by molar-refractivity contribution is -0.119. The van der Waals surface area contributed by atoms with Crippen LogP contribution in [-0.2, 0) is 14.8 Å². The van der Waals surface area contributed by atoms with Crippen molar-refractivity contribution < 1.29 is 13.2 Å². The van der Waals surface area contributed by atoms with Gasteiger partial charge < -0.3 is 5.32 Å². The first-order valence-corrected chi connectivity index (χ1v) is 11.1. The van der Waals surface area contributed by atoms with Crippen molar-refractivity contribution in [1.82, 2.24) is 9.73 Å². The molecule has 0 aromatic heterocycles. The van der Waals surface area contributed by atoms with E-state index < -0.39 is 10.0 Å². The van der Waals surface area contributed by atoms with E-state index in [0.29, 0.717) is 18.8 Å². The van der Waals surface area contributed by atoms with Gasteiger partial charge in [0.1, 0.15) is 0 Å². The van der Waals surface area contributed by atoms with Gasteiger partial charge >= 0.3 is 0 Å². The Labute approximate surface area is 171 Å².